The minimum absolute atomic E-state index is 0.274. The number of rotatable bonds is 5. The number of nitrogens with one attached hydrogen (secondary N) is 1. The van der Waals surface area contributed by atoms with Gasteiger partial charge in [-0.3, -0.25) is 5.43 Å². The highest BCUT2D eigenvalue weighted by Gasteiger charge is 2.31. The standard InChI is InChI=1S/C27H21F3N4O/c1-17-4-3-5-18(2)26(17)33-31-15-19-6-12-23-20(14-19)7-13-25-24(23)16-32-34(25)21-8-10-22(11-9-21)35-27(28,29)30/h3-16,33H,1-2H3/b31-15+. The molecular formula is C27H21F3N4O. The van der Waals surface area contributed by atoms with Gasteiger partial charge in [-0.05, 0) is 77.7 Å². The van der Waals surface area contributed by atoms with Gasteiger partial charge in [-0.25, -0.2) is 4.68 Å². The molecule has 0 aliphatic carbocycles. The zero-order valence-electron chi connectivity index (χ0n) is 19.0. The van der Waals surface area contributed by atoms with E-state index in [9.17, 15) is 13.2 Å². The second-order valence-electron chi connectivity index (χ2n) is 8.21. The van der Waals surface area contributed by atoms with E-state index >= 15 is 0 Å². The Balaban J connectivity index is 1.41. The van der Waals surface area contributed by atoms with Crippen LogP contribution in [0.1, 0.15) is 16.7 Å². The highest BCUT2D eigenvalue weighted by Crippen LogP contribution is 2.29. The van der Waals surface area contributed by atoms with Crippen LogP contribution in [0.2, 0.25) is 0 Å². The van der Waals surface area contributed by atoms with Crippen LogP contribution in [-0.4, -0.2) is 22.4 Å². The van der Waals surface area contributed by atoms with Crippen molar-refractivity contribution in [2.24, 2.45) is 5.10 Å². The number of hydrogen-bond donors (Lipinski definition) is 1. The van der Waals surface area contributed by atoms with Gasteiger partial charge in [0.05, 0.1) is 29.3 Å². The predicted molar refractivity (Wildman–Crippen MR) is 132 cm³/mol. The van der Waals surface area contributed by atoms with Crippen LogP contribution in [0, 0.1) is 13.8 Å². The number of anilines is 1. The Labute approximate surface area is 199 Å². The molecule has 35 heavy (non-hydrogen) atoms. The van der Waals surface area contributed by atoms with Crippen molar-refractivity contribution in [3.63, 3.8) is 0 Å². The number of halogens is 3. The molecule has 1 heterocycles. The molecule has 0 spiro atoms. The number of hydrogen-bond acceptors (Lipinski definition) is 4. The van der Waals surface area contributed by atoms with E-state index in [0.29, 0.717) is 5.69 Å². The van der Waals surface area contributed by atoms with Crippen molar-refractivity contribution in [3.8, 4) is 11.4 Å². The fourth-order valence-electron chi connectivity index (χ4n) is 4.10. The Bertz CT molecular complexity index is 1530. The van der Waals surface area contributed by atoms with E-state index < -0.39 is 6.36 Å². The maximum atomic E-state index is 12.4. The second-order valence-corrected chi connectivity index (χ2v) is 8.21. The van der Waals surface area contributed by atoms with Gasteiger partial charge in [0.2, 0.25) is 0 Å². The lowest BCUT2D eigenvalue weighted by Crippen LogP contribution is -2.17. The SMILES string of the molecule is Cc1cccc(C)c1N/N=C/c1ccc2c(ccc3c2cnn3-c2ccc(OC(F)(F)F)cc2)c1. The van der Waals surface area contributed by atoms with Gasteiger partial charge in [0.1, 0.15) is 5.75 Å². The van der Waals surface area contributed by atoms with Gasteiger partial charge >= 0.3 is 6.36 Å². The molecule has 4 aromatic carbocycles. The molecule has 0 atom stereocenters. The van der Waals surface area contributed by atoms with Crippen LogP contribution in [-0.2, 0) is 0 Å². The van der Waals surface area contributed by atoms with Crippen molar-refractivity contribution >= 4 is 33.6 Å². The van der Waals surface area contributed by atoms with E-state index in [1.54, 1.807) is 29.2 Å². The maximum Gasteiger partial charge on any atom is 0.573 e. The molecule has 1 aromatic heterocycles. The molecular weight excluding hydrogens is 453 g/mol. The van der Waals surface area contributed by atoms with E-state index in [-0.39, 0.29) is 5.75 Å². The maximum absolute atomic E-state index is 12.4. The van der Waals surface area contributed by atoms with E-state index in [1.165, 1.54) is 12.1 Å². The quantitative estimate of drug-likeness (QED) is 0.218. The number of benzene rings is 4. The number of fused-ring (bicyclic) bond motifs is 3. The van der Waals surface area contributed by atoms with Gasteiger partial charge in [-0.15, -0.1) is 13.2 Å². The summed E-state index contributed by atoms with van der Waals surface area (Å²) >= 11 is 0. The average molecular weight is 474 g/mol. The van der Waals surface area contributed by atoms with Gasteiger partial charge in [-0.2, -0.15) is 10.2 Å². The van der Waals surface area contributed by atoms with Gasteiger partial charge < -0.3 is 4.74 Å². The number of nitrogens with zero attached hydrogens (tertiary/aromatic N) is 3. The van der Waals surface area contributed by atoms with Crippen LogP contribution in [0.15, 0.2) is 84.1 Å². The first-order valence-corrected chi connectivity index (χ1v) is 10.9. The van der Waals surface area contributed by atoms with Crippen LogP contribution in [0.25, 0.3) is 27.4 Å². The van der Waals surface area contributed by atoms with Crippen LogP contribution >= 0.6 is 0 Å². The van der Waals surface area contributed by atoms with Crippen molar-refractivity contribution in [1.82, 2.24) is 9.78 Å². The smallest absolute Gasteiger partial charge is 0.406 e. The van der Waals surface area contributed by atoms with E-state index in [1.807, 2.05) is 62.4 Å². The number of alkyl halides is 3. The lowest BCUT2D eigenvalue weighted by Gasteiger charge is -2.10. The molecule has 0 amide bonds. The first-order valence-electron chi connectivity index (χ1n) is 10.9. The summed E-state index contributed by atoms with van der Waals surface area (Å²) in [5.41, 5.74) is 8.81. The summed E-state index contributed by atoms with van der Waals surface area (Å²) < 4.78 is 42.9. The summed E-state index contributed by atoms with van der Waals surface area (Å²) in [5.74, 6) is -0.274. The summed E-state index contributed by atoms with van der Waals surface area (Å²) in [6, 6.07) is 21.7. The summed E-state index contributed by atoms with van der Waals surface area (Å²) in [4.78, 5) is 0. The Morgan fingerprint density at radius 2 is 1.66 bits per heavy atom. The Morgan fingerprint density at radius 3 is 2.37 bits per heavy atom. The number of para-hydroxylation sites is 1. The zero-order valence-corrected chi connectivity index (χ0v) is 19.0. The molecule has 5 aromatic rings. The molecule has 0 unspecified atom stereocenters. The second kappa shape index (κ2) is 8.79. The van der Waals surface area contributed by atoms with E-state index in [2.05, 4.69) is 20.4 Å². The van der Waals surface area contributed by atoms with Gasteiger partial charge in [0, 0.05) is 5.39 Å². The van der Waals surface area contributed by atoms with Crippen molar-refractivity contribution in [3.05, 3.63) is 95.7 Å². The molecule has 0 bridgehead atoms. The number of ether oxygens (including phenoxy) is 1. The van der Waals surface area contributed by atoms with Crippen molar-refractivity contribution in [2.45, 2.75) is 20.2 Å². The van der Waals surface area contributed by atoms with Crippen molar-refractivity contribution in [2.75, 3.05) is 5.43 Å². The van der Waals surface area contributed by atoms with E-state index in [0.717, 1.165) is 44.1 Å². The van der Waals surface area contributed by atoms with Gasteiger partial charge in [0.25, 0.3) is 0 Å². The molecule has 1 N–H and O–H groups in total. The van der Waals surface area contributed by atoms with Gasteiger partial charge in [0.15, 0.2) is 0 Å². The predicted octanol–water partition coefficient (Wildman–Crippen LogP) is 7.14. The Kier molecular flexibility index (Phi) is 5.64. The third kappa shape index (κ3) is 4.68. The molecule has 0 aliphatic heterocycles. The lowest BCUT2D eigenvalue weighted by atomic mass is 10.0. The van der Waals surface area contributed by atoms with Crippen LogP contribution in [0.4, 0.5) is 18.9 Å². The van der Waals surface area contributed by atoms with Gasteiger partial charge in [-0.1, -0.05) is 36.4 Å². The number of aryl methyl sites for hydroxylation is 2. The monoisotopic (exact) mass is 474 g/mol. The molecule has 0 saturated carbocycles. The first-order chi connectivity index (χ1) is 16.8. The number of aromatic nitrogens is 2. The first kappa shape index (κ1) is 22.5. The highest BCUT2D eigenvalue weighted by molar-refractivity contribution is 6.07. The summed E-state index contributed by atoms with van der Waals surface area (Å²) in [7, 11) is 0. The highest BCUT2D eigenvalue weighted by atomic mass is 19.4. The zero-order chi connectivity index (χ0) is 24.6. The minimum atomic E-state index is -4.72. The molecule has 5 nitrogen and oxygen atoms in total. The van der Waals surface area contributed by atoms with Crippen LogP contribution in [0.3, 0.4) is 0 Å². The fraction of sp³-hybridized carbons (Fsp3) is 0.111. The Hall–Kier alpha value is -4.33. The molecule has 0 fully saturated rings. The minimum Gasteiger partial charge on any atom is -0.406 e. The van der Waals surface area contributed by atoms with Crippen molar-refractivity contribution in [1.29, 1.82) is 0 Å². The largest absolute Gasteiger partial charge is 0.573 e. The summed E-state index contributed by atoms with van der Waals surface area (Å²) in [5, 5.41) is 11.9. The van der Waals surface area contributed by atoms with Crippen LogP contribution < -0.4 is 10.2 Å². The lowest BCUT2D eigenvalue weighted by molar-refractivity contribution is -0.274. The fourth-order valence-corrected chi connectivity index (χ4v) is 4.10. The third-order valence-corrected chi connectivity index (χ3v) is 5.78. The third-order valence-electron chi connectivity index (χ3n) is 5.78. The molecule has 0 saturated heterocycles. The molecule has 0 aliphatic rings. The topological polar surface area (TPSA) is 51.4 Å². The average Bonchev–Trinajstić information content (AvgIpc) is 3.25. The summed E-state index contributed by atoms with van der Waals surface area (Å²) in [6.07, 6.45) is -1.19. The van der Waals surface area contributed by atoms with Crippen LogP contribution in [0.5, 0.6) is 5.75 Å². The van der Waals surface area contributed by atoms with E-state index in [4.69, 9.17) is 0 Å². The Morgan fingerprint density at radius 1 is 0.914 bits per heavy atom. The molecule has 5 rings (SSSR count). The summed E-state index contributed by atoms with van der Waals surface area (Å²) in [6.45, 7) is 4.08. The number of hydrazone groups is 1. The molecule has 8 heteroatoms. The molecule has 0 radical (unpaired) electrons. The normalized spacial score (nSPS) is 12.0. The van der Waals surface area contributed by atoms with Crippen molar-refractivity contribution < 1.29 is 17.9 Å². The molecule has 176 valence electrons.